The van der Waals surface area contributed by atoms with E-state index in [1.807, 2.05) is 20.8 Å². The molecule has 0 spiro atoms. The van der Waals surface area contributed by atoms with E-state index in [1.54, 1.807) is 0 Å². The highest BCUT2D eigenvalue weighted by Crippen LogP contribution is 2.26. The summed E-state index contributed by atoms with van der Waals surface area (Å²) in [6.07, 6.45) is 3.77. The largest absolute Gasteiger partial charge is 0.328 e. The van der Waals surface area contributed by atoms with E-state index in [-0.39, 0.29) is 11.5 Å². The summed E-state index contributed by atoms with van der Waals surface area (Å²) in [5.41, 5.74) is 5.54. The fourth-order valence-electron chi connectivity index (χ4n) is 2.20. The lowest BCUT2D eigenvalue weighted by Crippen LogP contribution is -2.31. The Morgan fingerprint density at radius 1 is 1.24 bits per heavy atom. The Balaban J connectivity index is 3.94. The third-order valence-electron chi connectivity index (χ3n) is 3.17. The molecule has 0 aromatic rings. The van der Waals surface area contributed by atoms with Crippen LogP contribution in [0.2, 0.25) is 25.7 Å². The number of hydrogen-bond acceptors (Lipinski definition) is 2. The molecule has 0 bridgehead atoms. The van der Waals surface area contributed by atoms with Crippen LogP contribution in [0.15, 0.2) is 0 Å². The standard InChI is InChI=1S/C14H31NOSi/c1-12(15)11-14(2,3)13(16)9-7-8-10-17(4,5)6/h12H,7-11,15H2,1-6H3. The quantitative estimate of drug-likeness (QED) is 0.530. The van der Waals surface area contributed by atoms with Crippen molar-refractivity contribution >= 4 is 13.9 Å². The molecule has 0 aromatic carbocycles. The van der Waals surface area contributed by atoms with Crippen molar-refractivity contribution in [3.63, 3.8) is 0 Å². The van der Waals surface area contributed by atoms with E-state index in [0.29, 0.717) is 5.78 Å². The zero-order valence-corrected chi connectivity index (χ0v) is 13.6. The van der Waals surface area contributed by atoms with Gasteiger partial charge in [0.2, 0.25) is 0 Å². The lowest BCUT2D eigenvalue weighted by Gasteiger charge is -2.25. The third kappa shape index (κ3) is 8.55. The van der Waals surface area contributed by atoms with Crippen molar-refractivity contribution in [3.8, 4) is 0 Å². The number of Topliss-reactive ketones (excluding diaryl/α,β-unsaturated/α-hetero) is 1. The van der Waals surface area contributed by atoms with Gasteiger partial charge in [0, 0.05) is 26.0 Å². The number of carbonyl (C=O) groups is 1. The molecule has 0 aliphatic heterocycles. The van der Waals surface area contributed by atoms with Crippen LogP contribution in [0.1, 0.15) is 46.5 Å². The summed E-state index contributed by atoms with van der Waals surface area (Å²) < 4.78 is 0. The Kier molecular flexibility index (Phi) is 6.63. The van der Waals surface area contributed by atoms with Gasteiger partial charge >= 0.3 is 0 Å². The summed E-state index contributed by atoms with van der Waals surface area (Å²) in [6, 6.07) is 1.43. The zero-order chi connectivity index (χ0) is 13.7. The van der Waals surface area contributed by atoms with Gasteiger partial charge in [-0.25, -0.2) is 0 Å². The molecule has 0 fully saturated rings. The van der Waals surface area contributed by atoms with Crippen molar-refractivity contribution in [1.29, 1.82) is 0 Å². The van der Waals surface area contributed by atoms with E-state index >= 15 is 0 Å². The van der Waals surface area contributed by atoms with Crippen LogP contribution in [0.4, 0.5) is 0 Å². The SMILES string of the molecule is CC(N)CC(C)(C)C(=O)CCCC[Si](C)(C)C. The highest BCUT2D eigenvalue weighted by atomic mass is 28.3. The van der Waals surface area contributed by atoms with Crippen molar-refractivity contribution in [2.75, 3.05) is 0 Å². The lowest BCUT2D eigenvalue weighted by molar-refractivity contribution is -0.127. The Bertz CT molecular complexity index is 241. The Labute approximate surface area is 108 Å². The summed E-state index contributed by atoms with van der Waals surface area (Å²) in [7, 11) is -0.933. The van der Waals surface area contributed by atoms with E-state index in [2.05, 4.69) is 19.6 Å². The number of hydrogen-bond donors (Lipinski definition) is 1. The topological polar surface area (TPSA) is 43.1 Å². The van der Waals surface area contributed by atoms with Crippen molar-refractivity contribution in [2.24, 2.45) is 11.1 Å². The summed E-state index contributed by atoms with van der Waals surface area (Å²) in [5, 5.41) is 0. The molecule has 0 saturated carbocycles. The molecule has 0 rings (SSSR count). The first-order valence-electron chi connectivity index (χ1n) is 6.83. The summed E-state index contributed by atoms with van der Waals surface area (Å²) >= 11 is 0. The second kappa shape index (κ2) is 6.69. The Morgan fingerprint density at radius 2 is 1.76 bits per heavy atom. The van der Waals surface area contributed by atoms with Gasteiger partial charge in [0.05, 0.1) is 0 Å². The first-order valence-corrected chi connectivity index (χ1v) is 10.5. The summed E-state index contributed by atoms with van der Waals surface area (Å²) in [5.74, 6) is 0.380. The van der Waals surface area contributed by atoms with E-state index in [4.69, 9.17) is 5.73 Å². The van der Waals surface area contributed by atoms with Gasteiger partial charge in [-0.2, -0.15) is 0 Å². The average molecular weight is 257 g/mol. The number of ketones is 1. The van der Waals surface area contributed by atoms with Crippen LogP contribution in [0.3, 0.4) is 0 Å². The molecule has 2 nitrogen and oxygen atoms in total. The van der Waals surface area contributed by atoms with Crippen LogP contribution in [0, 0.1) is 5.41 Å². The molecule has 0 amide bonds. The van der Waals surface area contributed by atoms with Crippen LogP contribution in [-0.2, 0) is 4.79 Å². The normalized spacial score (nSPS) is 14.8. The fraction of sp³-hybridized carbons (Fsp3) is 0.929. The molecule has 0 heterocycles. The molecule has 3 heteroatoms. The lowest BCUT2D eigenvalue weighted by atomic mass is 9.80. The van der Waals surface area contributed by atoms with Gasteiger partial charge in [0.1, 0.15) is 5.78 Å². The molecule has 0 radical (unpaired) electrons. The van der Waals surface area contributed by atoms with Gasteiger partial charge in [-0.3, -0.25) is 4.79 Å². The number of rotatable bonds is 8. The monoisotopic (exact) mass is 257 g/mol. The van der Waals surface area contributed by atoms with E-state index in [1.165, 1.54) is 12.5 Å². The molecule has 0 aromatic heterocycles. The minimum Gasteiger partial charge on any atom is -0.328 e. The molecule has 0 saturated heterocycles. The number of nitrogens with two attached hydrogens (primary N) is 1. The van der Waals surface area contributed by atoms with Crippen LogP contribution < -0.4 is 5.73 Å². The molecule has 2 N–H and O–H groups in total. The molecule has 1 unspecified atom stereocenters. The van der Waals surface area contributed by atoms with Crippen molar-refractivity contribution in [1.82, 2.24) is 0 Å². The molecule has 0 aliphatic rings. The number of carbonyl (C=O) groups excluding carboxylic acids is 1. The molecule has 1 atom stereocenters. The minimum atomic E-state index is -0.933. The molecular formula is C14H31NOSi. The van der Waals surface area contributed by atoms with Crippen molar-refractivity contribution in [2.45, 2.75) is 78.2 Å². The van der Waals surface area contributed by atoms with Gasteiger partial charge in [0.15, 0.2) is 0 Å². The van der Waals surface area contributed by atoms with Gasteiger partial charge in [-0.15, -0.1) is 0 Å². The highest BCUT2D eigenvalue weighted by Gasteiger charge is 2.27. The maximum absolute atomic E-state index is 12.1. The Morgan fingerprint density at radius 3 is 2.18 bits per heavy atom. The second-order valence-electron chi connectivity index (χ2n) is 7.26. The zero-order valence-electron chi connectivity index (χ0n) is 12.6. The van der Waals surface area contributed by atoms with Gasteiger partial charge in [-0.1, -0.05) is 46.0 Å². The highest BCUT2D eigenvalue weighted by molar-refractivity contribution is 6.76. The fourth-order valence-corrected chi connectivity index (χ4v) is 3.51. The minimum absolute atomic E-state index is 0.107. The summed E-state index contributed by atoms with van der Waals surface area (Å²) in [4.78, 5) is 12.1. The third-order valence-corrected chi connectivity index (χ3v) is 5.02. The number of unbranched alkanes of at least 4 members (excludes halogenated alkanes) is 1. The average Bonchev–Trinajstić information content (AvgIpc) is 2.08. The van der Waals surface area contributed by atoms with Gasteiger partial charge in [-0.05, 0) is 19.8 Å². The van der Waals surface area contributed by atoms with Gasteiger partial charge < -0.3 is 5.73 Å². The molecular weight excluding hydrogens is 226 g/mol. The van der Waals surface area contributed by atoms with E-state index in [9.17, 15) is 4.79 Å². The predicted octanol–water partition coefficient (Wildman–Crippen LogP) is 3.83. The first-order chi connectivity index (χ1) is 7.54. The molecule has 102 valence electrons. The molecule has 0 aliphatic carbocycles. The van der Waals surface area contributed by atoms with Crippen LogP contribution in [0.5, 0.6) is 0 Å². The second-order valence-corrected chi connectivity index (χ2v) is 12.9. The molecule has 17 heavy (non-hydrogen) atoms. The maximum Gasteiger partial charge on any atom is 0.138 e. The van der Waals surface area contributed by atoms with E-state index in [0.717, 1.165) is 19.3 Å². The Hall–Kier alpha value is -0.153. The van der Waals surface area contributed by atoms with Crippen molar-refractivity contribution in [3.05, 3.63) is 0 Å². The first kappa shape index (κ1) is 16.8. The van der Waals surface area contributed by atoms with Crippen LogP contribution in [0.25, 0.3) is 0 Å². The smallest absolute Gasteiger partial charge is 0.138 e. The van der Waals surface area contributed by atoms with Crippen LogP contribution >= 0.6 is 0 Å². The van der Waals surface area contributed by atoms with Gasteiger partial charge in [0.25, 0.3) is 0 Å². The predicted molar refractivity (Wildman–Crippen MR) is 79.1 cm³/mol. The van der Waals surface area contributed by atoms with Crippen molar-refractivity contribution < 1.29 is 4.79 Å². The summed E-state index contributed by atoms with van der Waals surface area (Å²) in [6.45, 7) is 13.2. The van der Waals surface area contributed by atoms with Crippen LogP contribution in [-0.4, -0.2) is 19.9 Å². The maximum atomic E-state index is 12.1. The van der Waals surface area contributed by atoms with E-state index < -0.39 is 8.07 Å².